The standard InChI is InChI=1S/C21H25FN4O4/c22-8-11-1-4-16(11)19(28)24-13-6-14-2-3-15(7-13)26(14)21(29)12-5-17-20(23-9-12)30-10-18(27)25-17/h5,9,11,13-16H,1-4,6-8,10H2,(H,24,28)(H,25,27)/t11-,13?,14-,15+,16+/m0/s1. The highest BCUT2D eigenvalue weighted by Crippen LogP contribution is 2.39. The molecule has 9 heteroatoms. The van der Waals surface area contributed by atoms with E-state index >= 15 is 0 Å². The third-order valence-electron chi connectivity index (χ3n) is 6.98. The largest absolute Gasteiger partial charge is 0.466 e. The maximum absolute atomic E-state index is 13.2. The molecular weight excluding hydrogens is 391 g/mol. The van der Waals surface area contributed by atoms with E-state index in [-0.39, 0.29) is 54.3 Å². The zero-order valence-electron chi connectivity index (χ0n) is 16.6. The lowest BCUT2D eigenvalue weighted by molar-refractivity contribution is -0.131. The number of nitrogens with zero attached hydrogens (tertiary/aromatic N) is 2. The third kappa shape index (κ3) is 3.30. The molecule has 5 atom stereocenters. The number of aromatic nitrogens is 1. The summed E-state index contributed by atoms with van der Waals surface area (Å²) >= 11 is 0. The van der Waals surface area contributed by atoms with Crippen LogP contribution in [0.2, 0.25) is 0 Å². The van der Waals surface area contributed by atoms with Gasteiger partial charge < -0.3 is 20.3 Å². The minimum Gasteiger partial charge on any atom is -0.466 e. The number of ether oxygens (including phenoxy) is 1. The predicted octanol–water partition coefficient (Wildman–Crippen LogP) is 1.66. The molecule has 4 aliphatic rings. The Morgan fingerprint density at radius 1 is 1.23 bits per heavy atom. The summed E-state index contributed by atoms with van der Waals surface area (Å²) in [6.07, 6.45) is 6.25. The molecule has 0 spiro atoms. The van der Waals surface area contributed by atoms with Crippen molar-refractivity contribution in [3.05, 3.63) is 17.8 Å². The summed E-state index contributed by atoms with van der Waals surface area (Å²) in [6, 6.07) is 1.75. The molecule has 1 saturated carbocycles. The van der Waals surface area contributed by atoms with Crippen LogP contribution < -0.4 is 15.4 Å². The third-order valence-corrected chi connectivity index (χ3v) is 6.98. The highest BCUT2D eigenvalue weighted by molar-refractivity contribution is 5.99. The first-order chi connectivity index (χ1) is 14.5. The normalized spacial score (nSPS) is 31.8. The number of anilines is 1. The number of rotatable bonds is 4. The number of fused-ring (bicyclic) bond motifs is 3. The molecule has 5 rings (SSSR count). The van der Waals surface area contributed by atoms with Crippen molar-refractivity contribution in [1.29, 1.82) is 0 Å². The molecule has 4 heterocycles. The van der Waals surface area contributed by atoms with Crippen molar-refractivity contribution in [2.75, 3.05) is 18.6 Å². The van der Waals surface area contributed by atoms with Crippen molar-refractivity contribution >= 4 is 23.4 Å². The average Bonchev–Trinajstić information content (AvgIpc) is 2.96. The lowest BCUT2D eigenvalue weighted by Gasteiger charge is -2.41. The molecule has 0 radical (unpaired) electrons. The lowest BCUT2D eigenvalue weighted by Crippen LogP contribution is -2.54. The number of hydrogen-bond donors (Lipinski definition) is 2. The van der Waals surface area contributed by atoms with E-state index in [1.165, 1.54) is 6.20 Å². The van der Waals surface area contributed by atoms with Gasteiger partial charge in [-0.05, 0) is 50.5 Å². The highest BCUT2D eigenvalue weighted by atomic mass is 19.1. The molecule has 1 aromatic rings. The van der Waals surface area contributed by atoms with Crippen LogP contribution in [0.15, 0.2) is 12.3 Å². The van der Waals surface area contributed by atoms with Crippen molar-refractivity contribution in [3.8, 4) is 5.88 Å². The van der Waals surface area contributed by atoms with Crippen LogP contribution in [-0.2, 0) is 9.59 Å². The summed E-state index contributed by atoms with van der Waals surface area (Å²) in [6.45, 7) is -0.514. The minimum absolute atomic E-state index is 0.0225. The van der Waals surface area contributed by atoms with Gasteiger partial charge in [0, 0.05) is 30.2 Å². The summed E-state index contributed by atoms with van der Waals surface area (Å²) in [5, 5.41) is 5.79. The van der Waals surface area contributed by atoms with Gasteiger partial charge in [0.15, 0.2) is 6.61 Å². The van der Waals surface area contributed by atoms with Crippen LogP contribution in [0, 0.1) is 11.8 Å². The van der Waals surface area contributed by atoms with Gasteiger partial charge in [-0.2, -0.15) is 0 Å². The van der Waals surface area contributed by atoms with Crippen LogP contribution in [0.3, 0.4) is 0 Å². The first-order valence-corrected chi connectivity index (χ1v) is 10.6. The van der Waals surface area contributed by atoms with E-state index in [2.05, 4.69) is 15.6 Å². The van der Waals surface area contributed by atoms with Gasteiger partial charge in [0.1, 0.15) is 5.69 Å². The summed E-state index contributed by atoms with van der Waals surface area (Å²) in [5.41, 5.74) is 0.828. The Morgan fingerprint density at radius 2 is 2.00 bits per heavy atom. The van der Waals surface area contributed by atoms with Crippen LogP contribution >= 0.6 is 0 Å². The Kier molecular flexibility index (Phi) is 4.83. The van der Waals surface area contributed by atoms with Crippen molar-refractivity contribution in [2.45, 2.75) is 56.7 Å². The SMILES string of the molecule is O=C1COc2ncc(C(=O)N3[C@@H]4CC[C@H]3CC(NC(=O)[C@@H]3CC[C@H]3CF)C4)cc2N1. The number of alkyl halides is 1. The zero-order chi connectivity index (χ0) is 20.8. The number of carbonyl (C=O) groups excluding carboxylic acids is 3. The molecule has 2 saturated heterocycles. The zero-order valence-corrected chi connectivity index (χ0v) is 16.6. The monoisotopic (exact) mass is 416 g/mol. The lowest BCUT2D eigenvalue weighted by atomic mass is 9.73. The number of pyridine rings is 1. The van der Waals surface area contributed by atoms with E-state index in [9.17, 15) is 18.8 Å². The van der Waals surface area contributed by atoms with Crippen LogP contribution in [0.5, 0.6) is 5.88 Å². The molecule has 1 aromatic heterocycles. The van der Waals surface area contributed by atoms with Crippen molar-refractivity contribution in [1.82, 2.24) is 15.2 Å². The molecule has 3 aliphatic heterocycles. The fourth-order valence-electron chi connectivity index (χ4n) is 5.28. The van der Waals surface area contributed by atoms with Crippen LogP contribution in [-0.4, -0.2) is 59.0 Å². The first kappa shape index (κ1) is 19.3. The second-order valence-corrected chi connectivity index (χ2v) is 8.79. The number of piperidine rings is 1. The smallest absolute Gasteiger partial charge is 0.262 e. The highest BCUT2D eigenvalue weighted by Gasteiger charge is 2.45. The summed E-state index contributed by atoms with van der Waals surface area (Å²) in [4.78, 5) is 43.3. The van der Waals surface area contributed by atoms with E-state index in [0.717, 1.165) is 25.7 Å². The molecule has 160 valence electrons. The van der Waals surface area contributed by atoms with E-state index in [4.69, 9.17) is 4.74 Å². The maximum atomic E-state index is 13.2. The minimum atomic E-state index is -0.434. The Hall–Kier alpha value is -2.71. The van der Waals surface area contributed by atoms with Gasteiger partial charge in [0.25, 0.3) is 11.8 Å². The molecule has 3 amide bonds. The number of halogens is 1. The topological polar surface area (TPSA) is 101 Å². The number of nitrogens with one attached hydrogen (secondary N) is 2. The predicted molar refractivity (Wildman–Crippen MR) is 105 cm³/mol. The van der Waals surface area contributed by atoms with Gasteiger partial charge >= 0.3 is 0 Å². The van der Waals surface area contributed by atoms with Crippen molar-refractivity contribution in [2.24, 2.45) is 11.8 Å². The molecule has 1 aliphatic carbocycles. The fraction of sp³-hybridized carbons (Fsp3) is 0.619. The van der Waals surface area contributed by atoms with Gasteiger partial charge in [0.05, 0.1) is 12.2 Å². The molecule has 2 bridgehead atoms. The average molecular weight is 416 g/mol. The number of carbonyl (C=O) groups is 3. The van der Waals surface area contributed by atoms with Crippen molar-refractivity contribution in [3.63, 3.8) is 0 Å². The summed E-state index contributed by atoms with van der Waals surface area (Å²) in [5.74, 6) is -0.442. The first-order valence-electron chi connectivity index (χ1n) is 10.6. The molecule has 30 heavy (non-hydrogen) atoms. The fourth-order valence-corrected chi connectivity index (χ4v) is 5.28. The second-order valence-electron chi connectivity index (χ2n) is 8.79. The van der Waals surface area contributed by atoms with Gasteiger partial charge in [-0.15, -0.1) is 0 Å². The Bertz CT molecular complexity index is 878. The van der Waals surface area contributed by atoms with Crippen molar-refractivity contribution < 1.29 is 23.5 Å². The Balaban J connectivity index is 1.25. The van der Waals surface area contributed by atoms with Crippen LogP contribution in [0.25, 0.3) is 0 Å². The van der Waals surface area contributed by atoms with Gasteiger partial charge in [0.2, 0.25) is 11.8 Å². The van der Waals surface area contributed by atoms with Crippen LogP contribution in [0.4, 0.5) is 10.1 Å². The molecular formula is C21H25FN4O4. The van der Waals surface area contributed by atoms with Gasteiger partial charge in [-0.1, -0.05) is 0 Å². The summed E-state index contributed by atoms with van der Waals surface area (Å²) < 4.78 is 18.2. The van der Waals surface area contributed by atoms with Crippen LogP contribution in [0.1, 0.15) is 48.9 Å². The maximum Gasteiger partial charge on any atom is 0.262 e. The molecule has 3 fully saturated rings. The number of amides is 3. The Labute approximate surface area is 173 Å². The quantitative estimate of drug-likeness (QED) is 0.778. The molecule has 2 N–H and O–H groups in total. The van der Waals surface area contributed by atoms with Gasteiger partial charge in [-0.3, -0.25) is 18.8 Å². The van der Waals surface area contributed by atoms with E-state index in [1.54, 1.807) is 6.07 Å². The molecule has 8 nitrogen and oxygen atoms in total. The van der Waals surface area contributed by atoms with E-state index in [1.807, 2.05) is 4.90 Å². The molecule has 0 aromatic carbocycles. The Morgan fingerprint density at radius 3 is 2.67 bits per heavy atom. The van der Waals surface area contributed by atoms with E-state index < -0.39 is 6.67 Å². The second kappa shape index (κ2) is 7.52. The van der Waals surface area contributed by atoms with Gasteiger partial charge in [-0.25, -0.2) is 4.98 Å². The number of hydrogen-bond acceptors (Lipinski definition) is 5. The summed E-state index contributed by atoms with van der Waals surface area (Å²) in [7, 11) is 0. The molecule has 1 unspecified atom stereocenters. The van der Waals surface area contributed by atoms with E-state index in [0.29, 0.717) is 30.0 Å².